The summed E-state index contributed by atoms with van der Waals surface area (Å²) in [6.45, 7) is 0.722. The van der Waals surface area contributed by atoms with Crippen molar-refractivity contribution >= 4 is 11.6 Å². The predicted molar refractivity (Wildman–Crippen MR) is 116 cm³/mol. The van der Waals surface area contributed by atoms with Crippen LogP contribution in [-0.4, -0.2) is 4.98 Å². The normalized spacial score (nSPS) is 10.6. The molecule has 3 aromatic carbocycles. The van der Waals surface area contributed by atoms with E-state index in [1.807, 2.05) is 66.7 Å². The smallest absolute Gasteiger partial charge is 0.225 e. The van der Waals surface area contributed by atoms with E-state index in [1.54, 1.807) is 12.1 Å². The molecule has 3 nitrogen and oxygen atoms in total. The second-order valence-electron chi connectivity index (χ2n) is 6.68. The van der Waals surface area contributed by atoms with Crippen LogP contribution in [0.3, 0.4) is 0 Å². The summed E-state index contributed by atoms with van der Waals surface area (Å²) >= 11 is 5.83. The predicted octanol–water partition coefficient (Wildman–Crippen LogP) is 6.70. The SMILES string of the molecule is Fc1cc(-c2ccc(OCc3ccccc3)nc2OCc2ccccc2)ccc1Cl. The Balaban J connectivity index is 1.61. The largest absolute Gasteiger partial charge is 0.473 e. The first kappa shape index (κ1) is 19.9. The van der Waals surface area contributed by atoms with E-state index < -0.39 is 5.82 Å². The molecule has 0 saturated carbocycles. The van der Waals surface area contributed by atoms with Crippen LogP contribution in [0.4, 0.5) is 4.39 Å². The van der Waals surface area contributed by atoms with Crippen molar-refractivity contribution in [2.24, 2.45) is 0 Å². The fourth-order valence-electron chi connectivity index (χ4n) is 2.95. The van der Waals surface area contributed by atoms with E-state index in [0.29, 0.717) is 36.1 Å². The minimum atomic E-state index is -0.493. The molecule has 1 aromatic heterocycles. The minimum Gasteiger partial charge on any atom is -0.473 e. The van der Waals surface area contributed by atoms with Gasteiger partial charge in [0.2, 0.25) is 11.8 Å². The summed E-state index contributed by atoms with van der Waals surface area (Å²) in [5.41, 5.74) is 3.33. The number of benzene rings is 3. The third-order valence-corrected chi connectivity index (χ3v) is 4.82. The molecule has 150 valence electrons. The highest BCUT2D eigenvalue weighted by Crippen LogP contribution is 2.33. The van der Waals surface area contributed by atoms with Crippen LogP contribution < -0.4 is 9.47 Å². The van der Waals surface area contributed by atoms with Crippen molar-refractivity contribution in [1.29, 1.82) is 0 Å². The Morgan fingerprint density at radius 3 is 2.00 bits per heavy atom. The summed E-state index contributed by atoms with van der Waals surface area (Å²) in [4.78, 5) is 4.53. The number of pyridine rings is 1. The Bertz CT molecular complexity index is 1120. The van der Waals surface area contributed by atoms with Crippen LogP contribution in [0.1, 0.15) is 11.1 Å². The first-order valence-electron chi connectivity index (χ1n) is 9.49. The standard InChI is InChI=1S/C25H19ClFNO2/c26-22-13-11-20(15-23(22)27)21-12-14-24(29-16-18-7-3-1-4-8-18)28-25(21)30-17-19-9-5-2-6-10-19/h1-15H,16-17H2. The van der Waals surface area contributed by atoms with Gasteiger partial charge in [-0.25, -0.2) is 4.39 Å². The Kier molecular flexibility index (Phi) is 6.26. The highest BCUT2D eigenvalue weighted by atomic mass is 35.5. The van der Waals surface area contributed by atoms with Crippen molar-refractivity contribution in [2.45, 2.75) is 13.2 Å². The van der Waals surface area contributed by atoms with Gasteiger partial charge in [-0.1, -0.05) is 78.3 Å². The average molecular weight is 420 g/mol. The molecule has 0 radical (unpaired) electrons. The number of ether oxygens (including phenoxy) is 2. The molecule has 30 heavy (non-hydrogen) atoms. The molecule has 4 rings (SSSR count). The summed E-state index contributed by atoms with van der Waals surface area (Å²) in [5.74, 6) is 0.304. The summed E-state index contributed by atoms with van der Waals surface area (Å²) in [5, 5.41) is 0.0706. The fourth-order valence-corrected chi connectivity index (χ4v) is 3.07. The quantitative estimate of drug-likeness (QED) is 0.334. The molecule has 4 aromatic rings. The lowest BCUT2D eigenvalue weighted by Gasteiger charge is -2.13. The topological polar surface area (TPSA) is 31.4 Å². The molecule has 0 amide bonds. The number of rotatable bonds is 7. The summed E-state index contributed by atoms with van der Waals surface area (Å²) in [6.07, 6.45) is 0. The Morgan fingerprint density at radius 1 is 0.733 bits per heavy atom. The van der Waals surface area contributed by atoms with E-state index in [2.05, 4.69) is 4.98 Å². The molecule has 0 spiro atoms. The van der Waals surface area contributed by atoms with Crippen LogP contribution >= 0.6 is 11.6 Å². The van der Waals surface area contributed by atoms with Gasteiger partial charge in [0.05, 0.1) is 5.02 Å². The van der Waals surface area contributed by atoms with Crippen molar-refractivity contribution in [3.05, 3.63) is 113 Å². The van der Waals surface area contributed by atoms with Gasteiger partial charge in [0.25, 0.3) is 0 Å². The molecule has 0 unspecified atom stereocenters. The zero-order valence-corrected chi connectivity index (χ0v) is 16.9. The molecule has 0 fully saturated rings. The van der Waals surface area contributed by atoms with E-state index in [9.17, 15) is 4.39 Å². The van der Waals surface area contributed by atoms with Crippen LogP contribution in [0.25, 0.3) is 11.1 Å². The van der Waals surface area contributed by atoms with Crippen LogP contribution in [0, 0.1) is 5.82 Å². The van der Waals surface area contributed by atoms with E-state index >= 15 is 0 Å². The molecule has 0 atom stereocenters. The van der Waals surface area contributed by atoms with Gasteiger partial charge in [-0.15, -0.1) is 0 Å². The molecule has 0 aliphatic heterocycles. The Labute approximate surface area is 179 Å². The van der Waals surface area contributed by atoms with E-state index in [0.717, 1.165) is 11.1 Å². The lowest BCUT2D eigenvalue weighted by Crippen LogP contribution is -2.02. The van der Waals surface area contributed by atoms with Gasteiger partial charge in [0.1, 0.15) is 19.0 Å². The summed E-state index contributed by atoms with van der Waals surface area (Å²) < 4.78 is 25.8. The van der Waals surface area contributed by atoms with Crippen molar-refractivity contribution in [3.63, 3.8) is 0 Å². The third kappa shape index (κ3) is 4.97. The second-order valence-corrected chi connectivity index (χ2v) is 7.09. The highest BCUT2D eigenvalue weighted by Gasteiger charge is 2.13. The highest BCUT2D eigenvalue weighted by molar-refractivity contribution is 6.30. The van der Waals surface area contributed by atoms with Gasteiger partial charge in [-0.3, -0.25) is 0 Å². The van der Waals surface area contributed by atoms with E-state index in [1.165, 1.54) is 12.1 Å². The van der Waals surface area contributed by atoms with Gasteiger partial charge in [-0.2, -0.15) is 4.98 Å². The maximum atomic E-state index is 14.0. The molecule has 0 aliphatic carbocycles. The molecule has 5 heteroatoms. The summed E-state index contributed by atoms with van der Waals surface area (Å²) in [6, 6.07) is 27.8. The van der Waals surface area contributed by atoms with Gasteiger partial charge in [-0.05, 0) is 34.9 Å². The molecule has 0 saturated heterocycles. The number of hydrogen-bond acceptors (Lipinski definition) is 3. The van der Waals surface area contributed by atoms with Crippen molar-refractivity contribution in [3.8, 4) is 22.9 Å². The Hall–Kier alpha value is -3.37. The maximum Gasteiger partial charge on any atom is 0.225 e. The van der Waals surface area contributed by atoms with Crippen molar-refractivity contribution in [1.82, 2.24) is 4.98 Å². The fraction of sp³-hybridized carbons (Fsp3) is 0.0800. The molecule has 0 N–H and O–H groups in total. The lowest BCUT2D eigenvalue weighted by molar-refractivity contribution is 0.268. The first-order chi connectivity index (χ1) is 14.7. The van der Waals surface area contributed by atoms with Crippen LogP contribution in [-0.2, 0) is 13.2 Å². The number of hydrogen-bond donors (Lipinski definition) is 0. The monoisotopic (exact) mass is 419 g/mol. The maximum absolute atomic E-state index is 14.0. The lowest BCUT2D eigenvalue weighted by atomic mass is 10.1. The molecular formula is C25H19ClFNO2. The zero-order chi connectivity index (χ0) is 20.8. The second kappa shape index (κ2) is 9.42. The molecule has 0 aliphatic rings. The van der Waals surface area contributed by atoms with Gasteiger partial charge < -0.3 is 9.47 Å². The van der Waals surface area contributed by atoms with Gasteiger partial charge in [0, 0.05) is 11.6 Å². The number of halogens is 2. The van der Waals surface area contributed by atoms with Crippen LogP contribution in [0.2, 0.25) is 5.02 Å². The van der Waals surface area contributed by atoms with Crippen molar-refractivity contribution in [2.75, 3.05) is 0 Å². The molecule has 0 bridgehead atoms. The first-order valence-corrected chi connectivity index (χ1v) is 9.87. The van der Waals surface area contributed by atoms with Crippen LogP contribution in [0.15, 0.2) is 91.0 Å². The molecular weight excluding hydrogens is 401 g/mol. The zero-order valence-electron chi connectivity index (χ0n) is 16.1. The van der Waals surface area contributed by atoms with E-state index in [-0.39, 0.29) is 5.02 Å². The van der Waals surface area contributed by atoms with E-state index in [4.69, 9.17) is 21.1 Å². The van der Waals surface area contributed by atoms with Crippen molar-refractivity contribution < 1.29 is 13.9 Å². The van der Waals surface area contributed by atoms with Gasteiger partial charge in [0.15, 0.2) is 0 Å². The van der Waals surface area contributed by atoms with Gasteiger partial charge >= 0.3 is 0 Å². The average Bonchev–Trinajstić information content (AvgIpc) is 2.79. The number of aromatic nitrogens is 1. The summed E-state index contributed by atoms with van der Waals surface area (Å²) in [7, 11) is 0. The third-order valence-electron chi connectivity index (χ3n) is 4.51. The minimum absolute atomic E-state index is 0.0706. The van der Waals surface area contributed by atoms with Crippen LogP contribution in [0.5, 0.6) is 11.8 Å². The molecule has 1 heterocycles. The number of nitrogens with zero attached hydrogens (tertiary/aromatic N) is 1. The Morgan fingerprint density at radius 2 is 1.37 bits per heavy atom.